The van der Waals surface area contributed by atoms with E-state index in [0.29, 0.717) is 25.5 Å². The maximum absolute atomic E-state index is 11.6. The number of likely N-dealkylation sites (N-methyl/N-ethyl adjacent to an activating group) is 1. The highest BCUT2D eigenvalue weighted by Gasteiger charge is 2.10. The van der Waals surface area contributed by atoms with Gasteiger partial charge in [-0.3, -0.25) is 4.79 Å². The van der Waals surface area contributed by atoms with Crippen LogP contribution in [0.2, 0.25) is 0 Å². The Hall–Kier alpha value is -1.35. The molecule has 0 aliphatic rings. The molecule has 0 aliphatic heterocycles. The first-order valence-corrected chi connectivity index (χ1v) is 9.13. The van der Waals surface area contributed by atoms with Crippen molar-refractivity contribution in [3.05, 3.63) is 0 Å². The van der Waals surface area contributed by atoms with Crippen LogP contribution in [-0.4, -0.2) is 84.1 Å². The van der Waals surface area contributed by atoms with Crippen molar-refractivity contribution >= 4 is 21.7 Å². The summed E-state index contributed by atoms with van der Waals surface area (Å²) in [5, 5.41) is 6.13. The zero-order valence-electron chi connectivity index (χ0n) is 14.0. The summed E-state index contributed by atoms with van der Waals surface area (Å²) in [6.45, 7) is 2.93. The normalized spacial score (nSPS) is 13.6. The Balaban J connectivity index is 4.56. The van der Waals surface area contributed by atoms with Gasteiger partial charge in [0, 0.05) is 40.0 Å². The van der Waals surface area contributed by atoms with Crippen LogP contribution in [0.3, 0.4) is 0 Å². The third-order valence-electron chi connectivity index (χ3n) is 2.77. The molecule has 0 rings (SSSR count). The molecule has 0 saturated heterocycles. The lowest BCUT2D eigenvalue weighted by Crippen LogP contribution is -2.44. The van der Waals surface area contributed by atoms with E-state index in [-0.39, 0.29) is 24.2 Å². The summed E-state index contributed by atoms with van der Waals surface area (Å²) in [6.07, 6.45) is 1.67. The summed E-state index contributed by atoms with van der Waals surface area (Å²) < 4.78 is 27.3. The Bertz CT molecular complexity index is 463. The summed E-state index contributed by atoms with van der Waals surface area (Å²) in [4.78, 5) is 17.2. The Morgan fingerprint density at radius 3 is 2.50 bits per heavy atom. The minimum absolute atomic E-state index is 0.0219. The van der Waals surface area contributed by atoms with Gasteiger partial charge < -0.3 is 20.3 Å². The van der Waals surface area contributed by atoms with Crippen LogP contribution in [0.25, 0.3) is 0 Å². The highest BCUT2D eigenvalue weighted by molar-refractivity contribution is 7.90. The number of nitrogens with one attached hydrogen (secondary N) is 2. The van der Waals surface area contributed by atoms with Gasteiger partial charge in [-0.25, -0.2) is 13.4 Å². The predicted octanol–water partition coefficient (Wildman–Crippen LogP) is -0.921. The van der Waals surface area contributed by atoms with E-state index >= 15 is 0 Å². The van der Waals surface area contributed by atoms with Crippen molar-refractivity contribution in [3.8, 4) is 0 Å². The SMILES string of the molecule is COCCNC(=NCC(=O)N(C)C)NC(C)CCS(C)(=O)=O. The first kappa shape index (κ1) is 20.6. The highest BCUT2D eigenvalue weighted by Crippen LogP contribution is 1.95. The van der Waals surface area contributed by atoms with Crippen LogP contribution in [0.5, 0.6) is 0 Å². The molecule has 0 heterocycles. The van der Waals surface area contributed by atoms with Crippen molar-refractivity contribution < 1.29 is 17.9 Å². The molecule has 0 fully saturated rings. The van der Waals surface area contributed by atoms with Gasteiger partial charge in [0.25, 0.3) is 0 Å². The third-order valence-corrected chi connectivity index (χ3v) is 3.75. The van der Waals surface area contributed by atoms with Gasteiger partial charge in [0.2, 0.25) is 5.91 Å². The maximum Gasteiger partial charge on any atom is 0.243 e. The lowest BCUT2D eigenvalue weighted by atomic mass is 10.3. The van der Waals surface area contributed by atoms with Crippen molar-refractivity contribution in [1.29, 1.82) is 0 Å². The second-order valence-electron chi connectivity index (χ2n) is 5.34. The van der Waals surface area contributed by atoms with E-state index in [4.69, 9.17) is 4.74 Å². The molecule has 0 saturated carbocycles. The van der Waals surface area contributed by atoms with E-state index < -0.39 is 9.84 Å². The van der Waals surface area contributed by atoms with Gasteiger partial charge in [-0.15, -0.1) is 0 Å². The molecular formula is C13H28N4O4S. The largest absolute Gasteiger partial charge is 0.383 e. The zero-order chi connectivity index (χ0) is 17.2. The number of methoxy groups -OCH3 is 1. The molecule has 1 unspecified atom stereocenters. The van der Waals surface area contributed by atoms with E-state index in [9.17, 15) is 13.2 Å². The summed E-state index contributed by atoms with van der Waals surface area (Å²) in [5.74, 6) is 0.452. The average Bonchev–Trinajstić information content (AvgIpc) is 2.41. The molecule has 0 aliphatic carbocycles. The van der Waals surface area contributed by atoms with Crippen LogP contribution in [0.4, 0.5) is 0 Å². The smallest absolute Gasteiger partial charge is 0.243 e. The first-order chi connectivity index (χ1) is 10.2. The van der Waals surface area contributed by atoms with Gasteiger partial charge in [0.05, 0.1) is 12.4 Å². The Morgan fingerprint density at radius 1 is 1.36 bits per heavy atom. The second-order valence-corrected chi connectivity index (χ2v) is 7.60. The minimum Gasteiger partial charge on any atom is -0.383 e. The quantitative estimate of drug-likeness (QED) is 0.321. The topological polar surface area (TPSA) is 100 Å². The Morgan fingerprint density at radius 2 is 2.00 bits per heavy atom. The van der Waals surface area contributed by atoms with Crippen molar-refractivity contribution in [2.75, 3.05) is 52.9 Å². The van der Waals surface area contributed by atoms with Crippen LogP contribution in [0.1, 0.15) is 13.3 Å². The molecule has 1 atom stereocenters. The van der Waals surface area contributed by atoms with E-state index in [1.54, 1.807) is 21.2 Å². The fourth-order valence-electron chi connectivity index (χ4n) is 1.41. The number of guanidine groups is 1. The van der Waals surface area contributed by atoms with Crippen molar-refractivity contribution in [1.82, 2.24) is 15.5 Å². The fourth-order valence-corrected chi connectivity index (χ4v) is 2.19. The summed E-state index contributed by atoms with van der Waals surface area (Å²) in [5.41, 5.74) is 0. The van der Waals surface area contributed by atoms with Gasteiger partial charge in [-0.2, -0.15) is 0 Å². The first-order valence-electron chi connectivity index (χ1n) is 7.07. The predicted molar refractivity (Wildman–Crippen MR) is 87.8 cm³/mol. The number of ether oxygens (including phenoxy) is 1. The van der Waals surface area contributed by atoms with Crippen LogP contribution < -0.4 is 10.6 Å². The van der Waals surface area contributed by atoms with Gasteiger partial charge in [0.1, 0.15) is 16.4 Å². The molecule has 2 N–H and O–H groups in total. The molecule has 9 heteroatoms. The average molecular weight is 336 g/mol. The summed E-state index contributed by atoms with van der Waals surface area (Å²) >= 11 is 0. The fraction of sp³-hybridized carbons (Fsp3) is 0.846. The van der Waals surface area contributed by atoms with E-state index in [1.165, 1.54) is 11.2 Å². The molecule has 1 amide bonds. The monoisotopic (exact) mass is 336 g/mol. The Kier molecular flexibility index (Phi) is 9.75. The highest BCUT2D eigenvalue weighted by atomic mass is 32.2. The summed E-state index contributed by atoms with van der Waals surface area (Å²) in [6, 6.07) is -0.0852. The number of sulfone groups is 1. The number of carbonyl (C=O) groups excluding carboxylic acids is 1. The molecule has 22 heavy (non-hydrogen) atoms. The molecule has 8 nitrogen and oxygen atoms in total. The van der Waals surface area contributed by atoms with Gasteiger partial charge in [-0.1, -0.05) is 0 Å². The lowest BCUT2D eigenvalue weighted by molar-refractivity contribution is -0.127. The number of hydrogen-bond acceptors (Lipinski definition) is 5. The molecule has 0 aromatic heterocycles. The number of nitrogens with zero attached hydrogens (tertiary/aromatic N) is 2. The number of carbonyl (C=O) groups is 1. The molecule has 0 radical (unpaired) electrons. The minimum atomic E-state index is -2.99. The van der Waals surface area contributed by atoms with Crippen molar-refractivity contribution in [2.24, 2.45) is 4.99 Å². The summed E-state index contributed by atoms with van der Waals surface area (Å²) in [7, 11) is 1.93. The maximum atomic E-state index is 11.6. The van der Waals surface area contributed by atoms with Crippen LogP contribution in [0.15, 0.2) is 4.99 Å². The van der Waals surface area contributed by atoms with E-state index in [0.717, 1.165) is 0 Å². The third kappa shape index (κ3) is 11.3. The number of hydrogen-bond donors (Lipinski definition) is 2. The van der Waals surface area contributed by atoms with E-state index in [1.807, 2.05) is 6.92 Å². The number of amides is 1. The van der Waals surface area contributed by atoms with Gasteiger partial charge in [-0.05, 0) is 13.3 Å². The van der Waals surface area contributed by atoms with Crippen LogP contribution >= 0.6 is 0 Å². The molecule has 0 aromatic rings. The van der Waals surface area contributed by atoms with Gasteiger partial charge in [0.15, 0.2) is 5.96 Å². The van der Waals surface area contributed by atoms with E-state index in [2.05, 4.69) is 15.6 Å². The van der Waals surface area contributed by atoms with Crippen LogP contribution in [0, 0.1) is 0 Å². The molecule has 130 valence electrons. The molecular weight excluding hydrogens is 308 g/mol. The number of rotatable bonds is 9. The van der Waals surface area contributed by atoms with Crippen molar-refractivity contribution in [2.45, 2.75) is 19.4 Å². The lowest BCUT2D eigenvalue weighted by Gasteiger charge is -2.18. The molecule has 0 bridgehead atoms. The Labute approximate surface area is 133 Å². The second kappa shape index (κ2) is 10.4. The molecule has 0 spiro atoms. The standard InChI is InChI=1S/C13H28N4O4S/c1-11(6-9-22(5,19)20)16-13(14-7-8-21-4)15-10-12(18)17(2)3/h11H,6-10H2,1-5H3,(H2,14,15,16). The number of aliphatic imine (C=N–C) groups is 1. The zero-order valence-corrected chi connectivity index (χ0v) is 14.9. The van der Waals surface area contributed by atoms with Crippen LogP contribution in [-0.2, 0) is 19.4 Å². The molecule has 0 aromatic carbocycles. The van der Waals surface area contributed by atoms with Gasteiger partial charge >= 0.3 is 0 Å². The van der Waals surface area contributed by atoms with Crippen molar-refractivity contribution in [3.63, 3.8) is 0 Å².